The standard InChI is InChI=1S/C32H42N4O5/c1-4-21(3)30(37)34-29(22-11-7-6-8-12-22)32(39)36-18-23-17-24(40-5-2)19-35(23)20-27(36)31(38)33-26-15-16-41-28-14-10-9-13-25(26)28/h6-14,21,23-24,26-27,29H,4-5,15-20H2,1-3H3,(H,33,38)(H,34,37)/t21-,23-,24-,26-,27+,29+/m1/s1. The number of carbonyl (C=O) groups excluding carboxylic acids is 3. The first-order chi connectivity index (χ1) is 19.9. The summed E-state index contributed by atoms with van der Waals surface area (Å²) < 4.78 is 11.7. The summed E-state index contributed by atoms with van der Waals surface area (Å²) in [5, 5.41) is 6.24. The SMILES string of the molecule is CCO[C@@H]1C[C@@H]2CN(C(=O)[C@@H](NC(=O)[C@H](C)CC)c3ccccc3)[C@H](C(=O)N[C@@H]3CCOc4ccccc43)CN2C1. The minimum absolute atomic E-state index is 0.0705. The average molecular weight is 563 g/mol. The summed E-state index contributed by atoms with van der Waals surface area (Å²) in [7, 11) is 0. The van der Waals surface area contributed by atoms with Crippen molar-refractivity contribution < 1.29 is 23.9 Å². The van der Waals surface area contributed by atoms with Crippen molar-refractivity contribution in [2.75, 3.05) is 32.8 Å². The van der Waals surface area contributed by atoms with Crippen LogP contribution in [0.15, 0.2) is 54.6 Å². The largest absolute Gasteiger partial charge is 0.493 e. The van der Waals surface area contributed by atoms with Crippen molar-refractivity contribution in [3.05, 3.63) is 65.7 Å². The molecular formula is C32H42N4O5. The van der Waals surface area contributed by atoms with Crippen molar-refractivity contribution in [2.45, 2.75) is 70.3 Å². The van der Waals surface area contributed by atoms with E-state index in [1.807, 2.05) is 75.4 Å². The number of amides is 3. The van der Waals surface area contributed by atoms with Crippen LogP contribution in [0.1, 0.15) is 63.2 Å². The molecular weight excluding hydrogens is 520 g/mol. The van der Waals surface area contributed by atoms with Gasteiger partial charge >= 0.3 is 0 Å². The van der Waals surface area contributed by atoms with E-state index in [2.05, 4.69) is 15.5 Å². The predicted octanol–water partition coefficient (Wildman–Crippen LogP) is 3.22. The number of para-hydroxylation sites is 1. The highest BCUT2D eigenvalue weighted by molar-refractivity contribution is 5.93. The molecule has 2 aromatic rings. The number of nitrogens with one attached hydrogen (secondary N) is 2. The Bertz CT molecular complexity index is 1220. The predicted molar refractivity (Wildman–Crippen MR) is 155 cm³/mol. The number of carbonyl (C=O) groups is 3. The van der Waals surface area contributed by atoms with Crippen LogP contribution < -0.4 is 15.4 Å². The van der Waals surface area contributed by atoms with Crippen LogP contribution in [-0.4, -0.2) is 78.6 Å². The molecule has 41 heavy (non-hydrogen) atoms. The molecule has 9 nitrogen and oxygen atoms in total. The fourth-order valence-corrected chi connectivity index (χ4v) is 6.18. The molecule has 6 atom stereocenters. The molecule has 3 heterocycles. The summed E-state index contributed by atoms with van der Waals surface area (Å²) in [5.41, 5.74) is 1.65. The van der Waals surface area contributed by atoms with Gasteiger partial charge in [0.2, 0.25) is 11.8 Å². The molecule has 0 bridgehead atoms. The van der Waals surface area contributed by atoms with Gasteiger partial charge in [-0.2, -0.15) is 0 Å². The Morgan fingerprint density at radius 1 is 1.02 bits per heavy atom. The molecule has 0 aliphatic carbocycles. The van der Waals surface area contributed by atoms with E-state index in [1.165, 1.54) is 0 Å². The summed E-state index contributed by atoms with van der Waals surface area (Å²) in [6, 6.07) is 15.4. The van der Waals surface area contributed by atoms with E-state index in [-0.39, 0.29) is 41.8 Å². The molecule has 2 saturated heterocycles. The van der Waals surface area contributed by atoms with Crippen molar-refractivity contribution in [3.63, 3.8) is 0 Å². The topological polar surface area (TPSA) is 100 Å². The lowest BCUT2D eigenvalue weighted by Gasteiger charge is -2.44. The smallest absolute Gasteiger partial charge is 0.250 e. The van der Waals surface area contributed by atoms with Gasteiger partial charge in [-0.15, -0.1) is 0 Å². The summed E-state index contributed by atoms with van der Waals surface area (Å²) >= 11 is 0. The molecule has 2 aromatic carbocycles. The monoisotopic (exact) mass is 562 g/mol. The molecule has 0 radical (unpaired) electrons. The van der Waals surface area contributed by atoms with Crippen LogP contribution in [0.3, 0.4) is 0 Å². The maximum Gasteiger partial charge on any atom is 0.250 e. The van der Waals surface area contributed by atoms with Crippen LogP contribution in [0.2, 0.25) is 0 Å². The Labute approximate surface area is 242 Å². The van der Waals surface area contributed by atoms with E-state index < -0.39 is 12.1 Å². The van der Waals surface area contributed by atoms with Crippen LogP contribution in [0.4, 0.5) is 0 Å². The maximum absolute atomic E-state index is 14.4. The van der Waals surface area contributed by atoms with Gasteiger partial charge in [0, 0.05) is 50.2 Å². The van der Waals surface area contributed by atoms with E-state index in [4.69, 9.17) is 9.47 Å². The van der Waals surface area contributed by atoms with Crippen molar-refractivity contribution in [2.24, 2.45) is 5.92 Å². The molecule has 0 spiro atoms. The molecule has 3 aliphatic heterocycles. The lowest BCUT2D eigenvalue weighted by Crippen LogP contribution is -2.64. The van der Waals surface area contributed by atoms with Gasteiger partial charge < -0.3 is 25.0 Å². The van der Waals surface area contributed by atoms with Gasteiger partial charge in [0.1, 0.15) is 17.8 Å². The second-order valence-corrected chi connectivity index (χ2v) is 11.3. The molecule has 9 heteroatoms. The minimum atomic E-state index is -0.882. The van der Waals surface area contributed by atoms with Gasteiger partial charge in [-0.1, -0.05) is 62.4 Å². The van der Waals surface area contributed by atoms with Gasteiger partial charge in [-0.25, -0.2) is 0 Å². The molecule has 0 saturated carbocycles. The molecule has 0 aromatic heterocycles. The Hall–Kier alpha value is -3.43. The maximum atomic E-state index is 14.4. The second kappa shape index (κ2) is 13.0. The third kappa shape index (κ3) is 6.41. The highest BCUT2D eigenvalue weighted by Gasteiger charge is 2.46. The molecule has 2 N–H and O–H groups in total. The van der Waals surface area contributed by atoms with E-state index in [0.29, 0.717) is 44.7 Å². The number of piperazine rings is 1. The lowest BCUT2D eigenvalue weighted by atomic mass is 9.98. The zero-order valence-electron chi connectivity index (χ0n) is 24.3. The normalized spacial score (nSPS) is 25.3. The average Bonchev–Trinajstić information content (AvgIpc) is 3.40. The first kappa shape index (κ1) is 29.1. The fourth-order valence-electron chi connectivity index (χ4n) is 6.18. The van der Waals surface area contributed by atoms with Crippen molar-refractivity contribution in [3.8, 4) is 5.75 Å². The fraction of sp³-hybridized carbons (Fsp3) is 0.531. The van der Waals surface area contributed by atoms with E-state index in [0.717, 1.165) is 24.3 Å². The van der Waals surface area contributed by atoms with Crippen LogP contribution in [0, 0.1) is 5.92 Å². The number of hydrogen-bond donors (Lipinski definition) is 2. The third-order valence-corrected chi connectivity index (χ3v) is 8.67. The highest BCUT2D eigenvalue weighted by Crippen LogP contribution is 2.33. The summed E-state index contributed by atoms with van der Waals surface area (Å²) in [5.74, 6) is -0.0965. The second-order valence-electron chi connectivity index (χ2n) is 11.3. The molecule has 0 unspecified atom stereocenters. The van der Waals surface area contributed by atoms with Crippen molar-refractivity contribution in [1.29, 1.82) is 0 Å². The first-order valence-electron chi connectivity index (χ1n) is 14.9. The Morgan fingerprint density at radius 3 is 2.54 bits per heavy atom. The van der Waals surface area contributed by atoms with Crippen LogP contribution >= 0.6 is 0 Å². The molecule has 2 fully saturated rings. The minimum Gasteiger partial charge on any atom is -0.493 e. The van der Waals surface area contributed by atoms with E-state index in [9.17, 15) is 14.4 Å². The summed E-state index contributed by atoms with van der Waals surface area (Å²) in [6.45, 7) is 8.47. The third-order valence-electron chi connectivity index (χ3n) is 8.67. The molecule has 220 valence electrons. The van der Waals surface area contributed by atoms with Crippen LogP contribution in [0.5, 0.6) is 5.75 Å². The lowest BCUT2D eigenvalue weighted by molar-refractivity contribution is -0.148. The van der Waals surface area contributed by atoms with Crippen molar-refractivity contribution >= 4 is 17.7 Å². The number of ether oxygens (including phenoxy) is 2. The van der Waals surface area contributed by atoms with Crippen molar-refractivity contribution in [1.82, 2.24) is 20.4 Å². The summed E-state index contributed by atoms with van der Waals surface area (Å²) in [4.78, 5) is 45.5. The van der Waals surface area contributed by atoms with Gasteiger partial charge in [0.15, 0.2) is 0 Å². The Balaban J connectivity index is 1.43. The quantitative estimate of drug-likeness (QED) is 0.487. The van der Waals surface area contributed by atoms with Crippen LogP contribution in [-0.2, 0) is 19.1 Å². The Morgan fingerprint density at radius 2 is 1.78 bits per heavy atom. The molecule has 5 rings (SSSR count). The zero-order chi connectivity index (χ0) is 28.9. The number of nitrogens with zero attached hydrogens (tertiary/aromatic N) is 2. The van der Waals surface area contributed by atoms with Gasteiger partial charge in [0.05, 0.1) is 18.8 Å². The highest BCUT2D eigenvalue weighted by atomic mass is 16.5. The number of rotatable bonds is 9. The van der Waals surface area contributed by atoms with E-state index >= 15 is 0 Å². The number of hydrogen-bond acceptors (Lipinski definition) is 6. The van der Waals surface area contributed by atoms with Crippen LogP contribution in [0.25, 0.3) is 0 Å². The first-order valence-corrected chi connectivity index (χ1v) is 14.9. The van der Waals surface area contributed by atoms with Gasteiger partial charge in [-0.05, 0) is 31.4 Å². The summed E-state index contributed by atoms with van der Waals surface area (Å²) in [6.07, 6.45) is 2.19. The Kier molecular flexibility index (Phi) is 9.25. The van der Waals surface area contributed by atoms with Gasteiger partial charge in [-0.3, -0.25) is 19.3 Å². The number of fused-ring (bicyclic) bond motifs is 2. The van der Waals surface area contributed by atoms with Gasteiger partial charge in [0.25, 0.3) is 5.91 Å². The molecule has 3 amide bonds. The van der Waals surface area contributed by atoms with E-state index in [1.54, 1.807) is 4.90 Å². The zero-order valence-corrected chi connectivity index (χ0v) is 24.3. The number of benzene rings is 2. The molecule has 3 aliphatic rings.